The van der Waals surface area contributed by atoms with Crippen LogP contribution in [0.15, 0.2) is 24.4 Å². The Balaban J connectivity index is 1.66. The fraction of sp³-hybridized carbons (Fsp3) is 0.611. The second kappa shape index (κ2) is 6.85. The summed E-state index contributed by atoms with van der Waals surface area (Å²) in [6, 6.07) is 5.47. The molecule has 1 aliphatic heterocycles. The maximum atomic E-state index is 11.7. The third-order valence-corrected chi connectivity index (χ3v) is 5.95. The van der Waals surface area contributed by atoms with E-state index in [0.717, 1.165) is 39.1 Å². The number of nitrogens with zero attached hydrogens (tertiary/aromatic N) is 4. The van der Waals surface area contributed by atoms with Crippen LogP contribution in [0.5, 0.6) is 0 Å². The summed E-state index contributed by atoms with van der Waals surface area (Å²) >= 11 is 0. The fourth-order valence-electron chi connectivity index (χ4n) is 4.61. The Morgan fingerprint density at radius 3 is 2.73 bits per heavy atom. The molecule has 2 aromatic rings. The van der Waals surface area contributed by atoms with E-state index in [1.165, 1.54) is 17.2 Å². The Morgan fingerprint density at radius 2 is 2.04 bits per heavy atom. The first-order valence-electron chi connectivity index (χ1n) is 9.33. The van der Waals surface area contributed by atoms with Crippen molar-refractivity contribution in [2.75, 3.05) is 31.6 Å². The van der Waals surface area contributed by atoms with Gasteiger partial charge in [-0.05, 0) is 30.8 Å². The molecule has 0 bridgehead atoms. The van der Waals surface area contributed by atoms with Gasteiger partial charge in [0.2, 0.25) is 11.5 Å². The Labute approximate surface area is 152 Å². The molecule has 1 N–H and O–H groups in total. The molecule has 2 aromatic heterocycles. The highest BCUT2D eigenvalue weighted by molar-refractivity contribution is 5.62. The van der Waals surface area contributed by atoms with Gasteiger partial charge in [0.25, 0.3) is 0 Å². The number of aromatic nitrogens is 2. The van der Waals surface area contributed by atoms with E-state index in [0.29, 0.717) is 11.5 Å². The average Bonchev–Trinajstić information content (AvgIpc) is 3.27. The monoisotopic (exact) mass is 359 g/mol. The third-order valence-electron chi connectivity index (χ3n) is 5.95. The minimum Gasteiger partial charge on any atom is -0.379 e. The molecular weight excluding hydrogens is 334 g/mol. The van der Waals surface area contributed by atoms with E-state index in [-0.39, 0.29) is 22.3 Å². The standard InChI is InChI=1S/C18H25N5O3/c1-14(18(7-3-4-8-18)21-10-12-26-13-11-21)19-16-17(23(24)25)22-9-5-2-6-15(22)20-16/h2,5-6,9,14,19H,3-4,7-8,10-13H2,1H3. The van der Waals surface area contributed by atoms with Gasteiger partial charge in [0.1, 0.15) is 0 Å². The summed E-state index contributed by atoms with van der Waals surface area (Å²) in [6.07, 6.45) is 6.27. The first-order valence-corrected chi connectivity index (χ1v) is 9.33. The molecule has 1 aliphatic carbocycles. The SMILES string of the molecule is CC(Nc1nc2ccccn2c1[N+](=O)[O-])C1(N2CCOCC2)CCCC1. The zero-order valence-corrected chi connectivity index (χ0v) is 15.1. The Bertz CT molecular complexity index is 793. The largest absolute Gasteiger partial charge is 0.379 e. The molecule has 2 fully saturated rings. The van der Waals surface area contributed by atoms with Crippen molar-refractivity contribution in [2.24, 2.45) is 0 Å². The van der Waals surface area contributed by atoms with Crippen molar-refractivity contribution >= 4 is 17.3 Å². The summed E-state index contributed by atoms with van der Waals surface area (Å²) in [7, 11) is 0. The second-order valence-electron chi connectivity index (χ2n) is 7.25. The molecule has 0 radical (unpaired) electrons. The van der Waals surface area contributed by atoms with Gasteiger partial charge in [0.05, 0.1) is 19.4 Å². The van der Waals surface area contributed by atoms with Gasteiger partial charge in [-0.1, -0.05) is 18.9 Å². The summed E-state index contributed by atoms with van der Waals surface area (Å²) in [5.74, 6) is 0.357. The van der Waals surface area contributed by atoms with Crippen molar-refractivity contribution in [3.63, 3.8) is 0 Å². The van der Waals surface area contributed by atoms with Crippen molar-refractivity contribution in [1.29, 1.82) is 0 Å². The number of imidazole rings is 1. The summed E-state index contributed by atoms with van der Waals surface area (Å²) < 4.78 is 7.06. The molecule has 1 saturated heterocycles. The molecule has 1 atom stereocenters. The second-order valence-corrected chi connectivity index (χ2v) is 7.25. The van der Waals surface area contributed by atoms with Gasteiger partial charge < -0.3 is 20.2 Å². The van der Waals surface area contributed by atoms with Crippen LogP contribution < -0.4 is 5.32 Å². The highest BCUT2D eigenvalue weighted by Crippen LogP contribution is 2.40. The normalized spacial score (nSPS) is 21.7. The number of nitro groups is 1. The molecular formula is C18H25N5O3. The van der Waals surface area contributed by atoms with Crippen LogP contribution in [0.25, 0.3) is 5.65 Å². The lowest BCUT2D eigenvalue weighted by Crippen LogP contribution is -2.59. The molecule has 3 heterocycles. The lowest BCUT2D eigenvalue weighted by atomic mass is 9.86. The van der Waals surface area contributed by atoms with Gasteiger partial charge in [-0.15, -0.1) is 0 Å². The van der Waals surface area contributed by atoms with Crippen molar-refractivity contribution < 1.29 is 9.66 Å². The maximum absolute atomic E-state index is 11.7. The summed E-state index contributed by atoms with van der Waals surface area (Å²) in [6.45, 7) is 5.47. The van der Waals surface area contributed by atoms with Gasteiger partial charge in [0.15, 0.2) is 0 Å². The van der Waals surface area contributed by atoms with E-state index in [1.54, 1.807) is 18.3 Å². The molecule has 140 valence electrons. The lowest BCUT2D eigenvalue weighted by Gasteiger charge is -2.47. The average molecular weight is 359 g/mol. The molecule has 1 saturated carbocycles. The Morgan fingerprint density at radius 1 is 1.31 bits per heavy atom. The summed E-state index contributed by atoms with van der Waals surface area (Å²) in [5, 5.41) is 15.1. The number of hydrogen-bond acceptors (Lipinski definition) is 6. The van der Waals surface area contributed by atoms with Crippen molar-refractivity contribution in [1.82, 2.24) is 14.3 Å². The number of pyridine rings is 1. The predicted molar refractivity (Wildman–Crippen MR) is 98.5 cm³/mol. The fourth-order valence-corrected chi connectivity index (χ4v) is 4.61. The van der Waals surface area contributed by atoms with Crippen LogP contribution >= 0.6 is 0 Å². The van der Waals surface area contributed by atoms with E-state index >= 15 is 0 Å². The number of hydrogen-bond donors (Lipinski definition) is 1. The number of ether oxygens (including phenoxy) is 1. The van der Waals surface area contributed by atoms with Gasteiger partial charge in [-0.2, -0.15) is 9.38 Å². The van der Waals surface area contributed by atoms with E-state index in [4.69, 9.17) is 4.74 Å². The zero-order chi connectivity index (χ0) is 18.1. The van der Waals surface area contributed by atoms with Gasteiger partial charge in [-0.3, -0.25) is 4.90 Å². The van der Waals surface area contributed by atoms with Crippen LogP contribution in [-0.2, 0) is 4.74 Å². The third kappa shape index (κ3) is 2.83. The van der Waals surface area contributed by atoms with E-state index < -0.39 is 0 Å². The molecule has 0 amide bonds. The van der Waals surface area contributed by atoms with Crippen molar-refractivity contribution in [2.45, 2.75) is 44.2 Å². The number of nitrogens with one attached hydrogen (secondary N) is 1. The van der Waals surface area contributed by atoms with Gasteiger partial charge >= 0.3 is 5.82 Å². The molecule has 4 rings (SSSR count). The first-order chi connectivity index (χ1) is 12.6. The van der Waals surface area contributed by atoms with E-state index in [9.17, 15) is 10.1 Å². The van der Waals surface area contributed by atoms with Crippen LogP contribution in [0.4, 0.5) is 11.6 Å². The van der Waals surface area contributed by atoms with Crippen molar-refractivity contribution in [3.05, 3.63) is 34.5 Å². The number of rotatable bonds is 5. The lowest BCUT2D eigenvalue weighted by molar-refractivity contribution is -0.389. The predicted octanol–water partition coefficient (Wildman–Crippen LogP) is 2.69. The Kier molecular flexibility index (Phi) is 4.54. The van der Waals surface area contributed by atoms with Crippen LogP contribution in [0.2, 0.25) is 0 Å². The number of anilines is 1. The topological polar surface area (TPSA) is 84.9 Å². The quantitative estimate of drug-likeness (QED) is 0.653. The summed E-state index contributed by atoms with van der Waals surface area (Å²) in [4.78, 5) is 18.3. The summed E-state index contributed by atoms with van der Waals surface area (Å²) in [5.41, 5.74) is 0.591. The molecule has 2 aliphatic rings. The van der Waals surface area contributed by atoms with Crippen LogP contribution in [-0.4, -0.2) is 57.1 Å². The smallest absolute Gasteiger partial charge is 0.372 e. The maximum Gasteiger partial charge on any atom is 0.372 e. The number of fused-ring (bicyclic) bond motifs is 1. The van der Waals surface area contributed by atoms with E-state index in [1.807, 2.05) is 6.07 Å². The van der Waals surface area contributed by atoms with Crippen LogP contribution in [0, 0.1) is 10.1 Å². The molecule has 8 nitrogen and oxygen atoms in total. The highest BCUT2D eigenvalue weighted by atomic mass is 16.6. The Hall–Kier alpha value is -2.19. The number of morpholine rings is 1. The van der Waals surface area contributed by atoms with Crippen LogP contribution in [0.3, 0.4) is 0 Å². The molecule has 8 heteroatoms. The minimum absolute atomic E-state index is 0.00238. The highest BCUT2D eigenvalue weighted by Gasteiger charge is 2.45. The molecule has 0 aromatic carbocycles. The van der Waals surface area contributed by atoms with Crippen molar-refractivity contribution in [3.8, 4) is 0 Å². The molecule has 1 unspecified atom stereocenters. The minimum atomic E-state index is -0.356. The van der Waals surface area contributed by atoms with Crippen LogP contribution in [0.1, 0.15) is 32.6 Å². The molecule has 0 spiro atoms. The zero-order valence-electron chi connectivity index (χ0n) is 15.1. The molecule has 26 heavy (non-hydrogen) atoms. The van der Waals surface area contributed by atoms with Gasteiger partial charge in [0, 0.05) is 30.7 Å². The first kappa shape index (κ1) is 17.2. The van der Waals surface area contributed by atoms with Gasteiger partial charge in [-0.25, -0.2) is 0 Å². The van der Waals surface area contributed by atoms with E-state index in [2.05, 4.69) is 22.1 Å².